The number of hydrogen-bond acceptors (Lipinski definition) is 3. The molecule has 0 aliphatic rings. The number of aromatic nitrogens is 3. The zero-order chi connectivity index (χ0) is 8.10. The topological polar surface area (TPSA) is 79.5 Å². The molecule has 1 aromatic rings. The molecule has 0 bridgehead atoms. The second-order valence-electron chi connectivity index (χ2n) is 1.88. The van der Waals surface area contributed by atoms with Gasteiger partial charge in [-0.1, -0.05) is 5.11 Å². The second kappa shape index (κ2) is 3.58. The Kier molecular flexibility index (Phi) is 2.46. The van der Waals surface area contributed by atoms with Crippen molar-refractivity contribution in [3.8, 4) is 0 Å². The molecule has 0 fully saturated rings. The molecule has 58 valence electrons. The Morgan fingerprint density at radius 3 is 3.27 bits per heavy atom. The van der Waals surface area contributed by atoms with Crippen LogP contribution in [-0.2, 0) is 13.1 Å². The van der Waals surface area contributed by atoms with Crippen LogP contribution in [0.4, 0.5) is 0 Å². The number of azide groups is 1. The molecule has 0 saturated heterocycles. The summed E-state index contributed by atoms with van der Waals surface area (Å²) in [6, 6.07) is 0. The van der Waals surface area contributed by atoms with Crippen LogP contribution >= 0.6 is 0 Å². The number of nitrogens with zero attached hydrogens (tertiary/aromatic N) is 6. The molecule has 0 aromatic carbocycles. The Morgan fingerprint density at radius 1 is 1.82 bits per heavy atom. The van der Waals surface area contributed by atoms with Crippen molar-refractivity contribution in [2.75, 3.05) is 0 Å². The van der Waals surface area contributed by atoms with E-state index in [2.05, 4.69) is 20.1 Å². The first-order chi connectivity index (χ1) is 5.38. The van der Waals surface area contributed by atoms with E-state index in [1.165, 1.54) is 6.33 Å². The van der Waals surface area contributed by atoms with E-state index in [9.17, 15) is 0 Å². The predicted molar refractivity (Wildman–Crippen MR) is 38.5 cm³/mol. The van der Waals surface area contributed by atoms with Crippen molar-refractivity contribution in [1.82, 2.24) is 14.8 Å². The molecule has 0 radical (unpaired) electrons. The molecule has 0 N–H and O–H groups in total. The molecular weight excluding hydrogens is 144 g/mol. The molecule has 11 heavy (non-hydrogen) atoms. The molecule has 0 spiro atoms. The van der Waals surface area contributed by atoms with E-state index in [4.69, 9.17) is 5.53 Å². The van der Waals surface area contributed by atoms with Gasteiger partial charge in [-0.05, 0) is 12.5 Å². The van der Waals surface area contributed by atoms with Gasteiger partial charge in [-0.2, -0.15) is 5.10 Å². The van der Waals surface area contributed by atoms with E-state index in [1.807, 2.05) is 6.92 Å². The molecule has 0 atom stereocenters. The van der Waals surface area contributed by atoms with Crippen molar-refractivity contribution in [2.24, 2.45) is 5.11 Å². The Labute approximate surface area is 63.5 Å². The monoisotopic (exact) mass is 152 g/mol. The van der Waals surface area contributed by atoms with Crippen LogP contribution in [0.5, 0.6) is 0 Å². The molecule has 0 saturated carbocycles. The Hall–Kier alpha value is -1.55. The Bertz CT molecular complexity index is 270. The van der Waals surface area contributed by atoms with Crippen molar-refractivity contribution in [1.29, 1.82) is 0 Å². The lowest BCUT2D eigenvalue weighted by atomic mass is 10.6. The number of rotatable bonds is 3. The van der Waals surface area contributed by atoms with Gasteiger partial charge in [0.1, 0.15) is 12.2 Å². The highest BCUT2D eigenvalue weighted by Crippen LogP contribution is 1.95. The second-order valence-corrected chi connectivity index (χ2v) is 1.88. The van der Waals surface area contributed by atoms with Crippen molar-refractivity contribution in [3.63, 3.8) is 0 Å². The zero-order valence-corrected chi connectivity index (χ0v) is 6.17. The number of hydrogen-bond donors (Lipinski definition) is 0. The highest BCUT2D eigenvalue weighted by Gasteiger charge is 1.98. The fraction of sp³-hybridized carbons (Fsp3) is 0.600. The smallest absolute Gasteiger partial charge is 0.138 e. The maximum atomic E-state index is 8.03. The minimum atomic E-state index is 0.268. The summed E-state index contributed by atoms with van der Waals surface area (Å²) < 4.78 is 1.69. The van der Waals surface area contributed by atoms with E-state index < -0.39 is 0 Å². The van der Waals surface area contributed by atoms with Gasteiger partial charge in [0.05, 0.1) is 6.54 Å². The van der Waals surface area contributed by atoms with Crippen LogP contribution in [0.1, 0.15) is 12.7 Å². The zero-order valence-electron chi connectivity index (χ0n) is 6.17. The summed E-state index contributed by atoms with van der Waals surface area (Å²) in [5, 5.41) is 7.29. The van der Waals surface area contributed by atoms with E-state index in [0.29, 0.717) is 5.82 Å². The summed E-state index contributed by atoms with van der Waals surface area (Å²) in [6.45, 7) is 2.97. The van der Waals surface area contributed by atoms with Crippen LogP contribution in [-0.4, -0.2) is 14.8 Å². The molecule has 6 heteroatoms. The molecular formula is C5H8N6. The van der Waals surface area contributed by atoms with Crippen LogP contribution < -0.4 is 0 Å². The molecule has 6 nitrogen and oxygen atoms in total. The van der Waals surface area contributed by atoms with Crippen LogP contribution in [0.25, 0.3) is 10.4 Å². The van der Waals surface area contributed by atoms with Gasteiger partial charge in [0, 0.05) is 11.5 Å². The minimum absolute atomic E-state index is 0.268. The third kappa shape index (κ3) is 1.68. The lowest BCUT2D eigenvalue weighted by molar-refractivity contribution is 0.616. The van der Waals surface area contributed by atoms with Gasteiger partial charge in [-0.15, -0.1) is 0 Å². The van der Waals surface area contributed by atoms with Crippen molar-refractivity contribution in [3.05, 3.63) is 22.6 Å². The lowest BCUT2D eigenvalue weighted by Crippen LogP contribution is -2.01. The van der Waals surface area contributed by atoms with Gasteiger partial charge < -0.3 is 0 Å². The predicted octanol–water partition coefficient (Wildman–Crippen LogP) is 1.11. The third-order valence-corrected chi connectivity index (χ3v) is 1.27. The highest BCUT2D eigenvalue weighted by molar-refractivity contribution is 4.83. The summed E-state index contributed by atoms with van der Waals surface area (Å²) in [6.07, 6.45) is 1.45. The largest absolute Gasteiger partial charge is 0.250 e. The van der Waals surface area contributed by atoms with Gasteiger partial charge in [-0.3, -0.25) is 4.68 Å². The summed E-state index contributed by atoms with van der Waals surface area (Å²) in [5.41, 5.74) is 8.03. The van der Waals surface area contributed by atoms with Crippen LogP contribution in [0, 0.1) is 0 Å². The van der Waals surface area contributed by atoms with Crippen LogP contribution in [0.3, 0.4) is 0 Å². The van der Waals surface area contributed by atoms with Gasteiger partial charge in [0.2, 0.25) is 0 Å². The molecule has 1 heterocycles. The normalized spacial score (nSPS) is 9.18. The average Bonchev–Trinajstić information content (AvgIpc) is 2.47. The first-order valence-electron chi connectivity index (χ1n) is 3.26. The van der Waals surface area contributed by atoms with E-state index in [1.54, 1.807) is 4.68 Å². The van der Waals surface area contributed by atoms with Gasteiger partial charge in [-0.25, -0.2) is 4.98 Å². The maximum Gasteiger partial charge on any atom is 0.138 e. The number of aryl methyl sites for hydroxylation is 1. The summed E-state index contributed by atoms with van der Waals surface area (Å²) >= 11 is 0. The Morgan fingerprint density at radius 2 is 2.64 bits per heavy atom. The molecule has 0 aliphatic carbocycles. The van der Waals surface area contributed by atoms with Gasteiger partial charge in [0.15, 0.2) is 0 Å². The highest BCUT2D eigenvalue weighted by atomic mass is 15.3. The van der Waals surface area contributed by atoms with Crippen LogP contribution in [0.15, 0.2) is 11.4 Å². The minimum Gasteiger partial charge on any atom is -0.250 e. The van der Waals surface area contributed by atoms with E-state index in [-0.39, 0.29) is 6.54 Å². The van der Waals surface area contributed by atoms with Crippen LogP contribution in [0.2, 0.25) is 0 Å². The first kappa shape index (κ1) is 7.56. The first-order valence-corrected chi connectivity index (χ1v) is 3.26. The van der Waals surface area contributed by atoms with Gasteiger partial charge >= 0.3 is 0 Å². The molecule has 1 rings (SSSR count). The van der Waals surface area contributed by atoms with E-state index >= 15 is 0 Å². The lowest BCUT2D eigenvalue weighted by Gasteiger charge is -1.96. The fourth-order valence-electron chi connectivity index (χ4n) is 0.770. The van der Waals surface area contributed by atoms with Gasteiger partial charge in [0.25, 0.3) is 0 Å². The fourth-order valence-corrected chi connectivity index (χ4v) is 0.770. The Balaban J connectivity index is 2.75. The average molecular weight is 152 g/mol. The van der Waals surface area contributed by atoms with Crippen molar-refractivity contribution in [2.45, 2.75) is 20.0 Å². The van der Waals surface area contributed by atoms with Crippen molar-refractivity contribution >= 4 is 0 Å². The quantitative estimate of drug-likeness (QED) is 0.369. The third-order valence-electron chi connectivity index (χ3n) is 1.27. The van der Waals surface area contributed by atoms with E-state index in [0.717, 1.165) is 6.54 Å². The molecule has 0 amide bonds. The van der Waals surface area contributed by atoms with Crippen molar-refractivity contribution < 1.29 is 0 Å². The summed E-state index contributed by atoms with van der Waals surface area (Å²) in [5.74, 6) is 0.699. The standard InChI is InChI=1S/C5H8N6/c1-2-11-5(3-8-10-6)7-4-9-11/h4H,2-3H2,1H3. The SMILES string of the molecule is CCn1ncnc1CN=[N+]=[N-]. The molecule has 0 aliphatic heterocycles. The summed E-state index contributed by atoms with van der Waals surface area (Å²) in [4.78, 5) is 6.54. The molecule has 0 unspecified atom stereocenters. The summed E-state index contributed by atoms with van der Waals surface area (Å²) in [7, 11) is 0. The maximum absolute atomic E-state index is 8.03. The molecule has 1 aromatic heterocycles.